The Hall–Kier alpha value is -1.89. The zero-order chi connectivity index (χ0) is 20.3. The Morgan fingerprint density at radius 1 is 1.25 bits per heavy atom. The monoisotopic (exact) mass is 406 g/mol. The molecule has 1 aliphatic rings. The summed E-state index contributed by atoms with van der Waals surface area (Å²) < 4.78 is 34.6. The highest BCUT2D eigenvalue weighted by Gasteiger charge is 2.28. The van der Waals surface area contributed by atoms with Crippen molar-refractivity contribution in [3.05, 3.63) is 35.5 Å². The van der Waals surface area contributed by atoms with Crippen LogP contribution in [0.15, 0.2) is 27.6 Å². The van der Waals surface area contributed by atoms with Crippen molar-refractivity contribution < 1.29 is 17.7 Å². The van der Waals surface area contributed by atoms with Gasteiger partial charge in [-0.05, 0) is 36.0 Å². The van der Waals surface area contributed by atoms with Crippen LogP contribution in [0.25, 0.3) is 0 Å². The van der Waals surface area contributed by atoms with Crippen molar-refractivity contribution in [2.75, 3.05) is 13.4 Å². The quantitative estimate of drug-likeness (QED) is 0.646. The number of sulfone groups is 1. The summed E-state index contributed by atoms with van der Waals surface area (Å²) in [7, 11) is -1.87. The second kappa shape index (κ2) is 8.64. The molecule has 0 spiro atoms. The number of ether oxygens (including phenoxy) is 1. The summed E-state index contributed by atoms with van der Waals surface area (Å²) in [6, 6.07) is 5.07. The van der Waals surface area contributed by atoms with E-state index >= 15 is 0 Å². The minimum atomic E-state index is -3.34. The first kappa shape index (κ1) is 20.8. The first-order valence-electron chi connectivity index (χ1n) is 9.97. The number of benzene rings is 1. The number of nitrogens with zero attached hydrogens (tertiary/aromatic N) is 2. The zero-order valence-electron chi connectivity index (χ0n) is 17.1. The van der Waals surface area contributed by atoms with Crippen LogP contribution in [-0.4, -0.2) is 31.9 Å². The van der Waals surface area contributed by atoms with E-state index in [1.165, 1.54) is 39.0 Å². The molecule has 1 unspecified atom stereocenters. The SMILES string of the molecule is COc1cc(Cc2noc(C(CC3CCCC3)C(C)C)n2)ccc1S(C)(=O)=O. The summed E-state index contributed by atoms with van der Waals surface area (Å²) >= 11 is 0. The maximum atomic E-state index is 11.8. The van der Waals surface area contributed by atoms with Crippen LogP contribution < -0.4 is 4.74 Å². The van der Waals surface area contributed by atoms with E-state index in [-0.39, 0.29) is 10.8 Å². The Morgan fingerprint density at radius 3 is 2.57 bits per heavy atom. The van der Waals surface area contributed by atoms with Gasteiger partial charge < -0.3 is 9.26 Å². The van der Waals surface area contributed by atoms with Crippen LogP contribution in [-0.2, 0) is 16.3 Å². The van der Waals surface area contributed by atoms with E-state index in [9.17, 15) is 8.42 Å². The second-order valence-electron chi connectivity index (χ2n) is 8.22. The van der Waals surface area contributed by atoms with Crippen molar-refractivity contribution in [1.82, 2.24) is 10.1 Å². The van der Waals surface area contributed by atoms with Gasteiger partial charge >= 0.3 is 0 Å². The third-order valence-electron chi connectivity index (χ3n) is 5.66. The molecule has 1 aliphatic carbocycles. The van der Waals surface area contributed by atoms with E-state index in [2.05, 4.69) is 24.0 Å². The van der Waals surface area contributed by atoms with Gasteiger partial charge in [-0.3, -0.25) is 0 Å². The van der Waals surface area contributed by atoms with Gasteiger partial charge in [0.25, 0.3) is 0 Å². The Balaban J connectivity index is 1.76. The van der Waals surface area contributed by atoms with Gasteiger partial charge in [0, 0.05) is 18.6 Å². The molecule has 1 saturated carbocycles. The zero-order valence-corrected chi connectivity index (χ0v) is 18.0. The van der Waals surface area contributed by atoms with Crippen LogP contribution in [0.2, 0.25) is 0 Å². The lowest BCUT2D eigenvalue weighted by atomic mass is 9.85. The van der Waals surface area contributed by atoms with Gasteiger partial charge in [0.2, 0.25) is 5.89 Å². The molecule has 154 valence electrons. The van der Waals surface area contributed by atoms with Crippen molar-refractivity contribution in [2.45, 2.75) is 63.2 Å². The van der Waals surface area contributed by atoms with E-state index in [0.29, 0.717) is 23.9 Å². The molecule has 6 nitrogen and oxygen atoms in total. The van der Waals surface area contributed by atoms with Crippen molar-refractivity contribution in [3.63, 3.8) is 0 Å². The van der Waals surface area contributed by atoms with Gasteiger partial charge in [-0.1, -0.05) is 50.8 Å². The van der Waals surface area contributed by atoms with E-state index in [0.717, 1.165) is 23.8 Å². The number of rotatable bonds is 8. The standard InChI is InChI=1S/C21H30N2O4S/c1-14(2)17(11-15-7-5-6-8-15)21-22-20(23-27-21)13-16-9-10-19(28(4,24)25)18(12-16)26-3/h9-10,12,14-15,17H,5-8,11,13H2,1-4H3. The summed E-state index contributed by atoms with van der Waals surface area (Å²) in [5.41, 5.74) is 0.883. The number of methoxy groups -OCH3 is 1. The third-order valence-corrected chi connectivity index (χ3v) is 6.79. The minimum absolute atomic E-state index is 0.184. The van der Waals surface area contributed by atoms with Gasteiger partial charge in [-0.25, -0.2) is 8.42 Å². The Morgan fingerprint density at radius 2 is 1.96 bits per heavy atom. The summed E-state index contributed by atoms with van der Waals surface area (Å²) in [4.78, 5) is 4.84. The highest BCUT2D eigenvalue weighted by atomic mass is 32.2. The van der Waals surface area contributed by atoms with E-state index in [1.807, 2.05) is 0 Å². The summed E-state index contributed by atoms with van der Waals surface area (Å²) in [5, 5.41) is 4.17. The first-order chi connectivity index (χ1) is 13.3. The molecule has 1 aromatic carbocycles. The van der Waals surface area contributed by atoms with Crippen molar-refractivity contribution in [2.24, 2.45) is 11.8 Å². The van der Waals surface area contributed by atoms with Gasteiger partial charge in [0.1, 0.15) is 10.6 Å². The minimum Gasteiger partial charge on any atom is -0.495 e. The van der Waals surface area contributed by atoms with Crippen LogP contribution in [0.1, 0.15) is 69.1 Å². The van der Waals surface area contributed by atoms with E-state index in [1.54, 1.807) is 18.2 Å². The molecule has 2 aromatic rings. The molecule has 0 aliphatic heterocycles. The highest BCUT2D eigenvalue weighted by Crippen LogP contribution is 2.37. The van der Waals surface area contributed by atoms with Crippen LogP contribution in [0.4, 0.5) is 0 Å². The fourth-order valence-electron chi connectivity index (χ4n) is 4.06. The molecule has 28 heavy (non-hydrogen) atoms. The van der Waals surface area contributed by atoms with Crippen molar-refractivity contribution in [1.29, 1.82) is 0 Å². The lowest BCUT2D eigenvalue weighted by Gasteiger charge is -2.20. The van der Waals surface area contributed by atoms with E-state index in [4.69, 9.17) is 9.26 Å². The summed E-state index contributed by atoms with van der Waals surface area (Å²) in [6.45, 7) is 4.41. The normalized spacial score (nSPS) is 16.6. The van der Waals surface area contributed by atoms with Crippen LogP contribution >= 0.6 is 0 Å². The van der Waals surface area contributed by atoms with Crippen LogP contribution in [0, 0.1) is 11.8 Å². The molecule has 1 atom stereocenters. The molecule has 0 amide bonds. The fraction of sp³-hybridized carbons (Fsp3) is 0.619. The number of hydrogen-bond donors (Lipinski definition) is 0. The predicted molar refractivity (Wildman–Crippen MR) is 107 cm³/mol. The molecule has 1 aromatic heterocycles. The molecule has 7 heteroatoms. The Labute approximate surface area is 167 Å². The Kier molecular flexibility index (Phi) is 6.43. The van der Waals surface area contributed by atoms with Gasteiger partial charge in [0.05, 0.1) is 7.11 Å². The largest absolute Gasteiger partial charge is 0.495 e. The molecular formula is C21H30N2O4S. The fourth-order valence-corrected chi connectivity index (χ4v) is 4.89. The maximum Gasteiger partial charge on any atom is 0.230 e. The molecular weight excluding hydrogens is 376 g/mol. The lowest BCUT2D eigenvalue weighted by molar-refractivity contribution is 0.283. The molecule has 0 bridgehead atoms. The average molecular weight is 407 g/mol. The number of aromatic nitrogens is 2. The summed E-state index contributed by atoms with van der Waals surface area (Å²) in [6.07, 6.45) is 8.01. The molecule has 3 rings (SSSR count). The van der Waals surface area contributed by atoms with Crippen molar-refractivity contribution >= 4 is 9.84 Å². The van der Waals surface area contributed by atoms with Gasteiger partial charge in [-0.15, -0.1) is 0 Å². The Bertz CT molecular complexity index is 899. The van der Waals surface area contributed by atoms with Crippen LogP contribution in [0.3, 0.4) is 0 Å². The van der Waals surface area contributed by atoms with E-state index < -0.39 is 9.84 Å². The molecule has 0 saturated heterocycles. The van der Waals surface area contributed by atoms with Gasteiger partial charge in [0.15, 0.2) is 15.7 Å². The maximum absolute atomic E-state index is 11.8. The summed E-state index contributed by atoms with van der Waals surface area (Å²) in [5.74, 6) is 3.16. The smallest absolute Gasteiger partial charge is 0.230 e. The average Bonchev–Trinajstić information content (AvgIpc) is 3.30. The molecule has 1 heterocycles. The topological polar surface area (TPSA) is 82.3 Å². The number of hydrogen-bond acceptors (Lipinski definition) is 6. The second-order valence-corrected chi connectivity index (χ2v) is 10.2. The van der Waals surface area contributed by atoms with Crippen molar-refractivity contribution in [3.8, 4) is 5.75 Å². The molecule has 0 N–H and O–H groups in total. The van der Waals surface area contributed by atoms with Gasteiger partial charge in [-0.2, -0.15) is 4.98 Å². The first-order valence-corrected chi connectivity index (χ1v) is 11.9. The van der Waals surface area contributed by atoms with Crippen LogP contribution in [0.5, 0.6) is 5.75 Å². The third kappa shape index (κ3) is 4.93. The molecule has 0 radical (unpaired) electrons. The highest BCUT2D eigenvalue weighted by molar-refractivity contribution is 7.90. The lowest BCUT2D eigenvalue weighted by Crippen LogP contribution is -2.12. The predicted octanol–water partition coefficient (Wildman–Crippen LogP) is 4.39. The molecule has 1 fully saturated rings.